The minimum absolute atomic E-state index is 0.0347. The number of hydrogen-bond acceptors (Lipinski definition) is 4. The Morgan fingerprint density at radius 3 is 2.56 bits per heavy atom. The van der Waals surface area contributed by atoms with Crippen molar-refractivity contribution in [2.24, 2.45) is 0 Å². The number of carbonyl (C=O) groups excluding carboxylic acids is 2. The number of anilines is 2. The van der Waals surface area contributed by atoms with Crippen LogP contribution in [0.25, 0.3) is 0 Å². The summed E-state index contributed by atoms with van der Waals surface area (Å²) in [5.41, 5.74) is -1.15. The average Bonchev–Trinajstić information content (AvgIpc) is 3.03. The molecule has 5 nitrogen and oxygen atoms in total. The molecule has 2 rings (SSSR count). The van der Waals surface area contributed by atoms with Gasteiger partial charge in [-0.15, -0.1) is 11.3 Å². The fraction of sp³-hybridized carbons (Fsp3) is 0.250. The zero-order valence-electron chi connectivity index (χ0n) is 13.2. The molecule has 0 saturated carbocycles. The molecular weight excluding hydrogens is 355 g/mol. The highest BCUT2D eigenvalue weighted by Crippen LogP contribution is 2.36. The van der Waals surface area contributed by atoms with Gasteiger partial charge >= 0.3 is 6.18 Å². The molecule has 1 aromatic carbocycles. The molecule has 2 amide bonds. The Labute approximate surface area is 146 Å². The number of carbonyl (C=O) groups is 2. The second-order valence-electron chi connectivity index (χ2n) is 5.15. The van der Waals surface area contributed by atoms with Crippen LogP contribution in [-0.2, 0) is 22.3 Å². The van der Waals surface area contributed by atoms with Crippen molar-refractivity contribution in [1.82, 2.24) is 5.32 Å². The van der Waals surface area contributed by atoms with E-state index in [0.29, 0.717) is 6.54 Å². The van der Waals surface area contributed by atoms with Gasteiger partial charge in [0.2, 0.25) is 11.8 Å². The highest BCUT2D eigenvalue weighted by molar-refractivity contribution is 7.09. The van der Waals surface area contributed by atoms with Crippen LogP contribution >= 0.6 is 11.3 Å². The Hall–Kier alpha value is -2.55. The zero-order valence-corrected chi connectivity index (χ0v) is 14.1. The number of nitrogens with one attached hydrogen (secondary N) is 3. The second-order valence-corrected chi connectivity index (χ2v) is 6.18. The summed E-state index contributed by atoms with van der Waals surface area (Å²) >= 11 is 1.47. The molecule has 25 heavy (non-hydrogen) atoms. The van der Waals surface area contributed by atoms with E-state index >= 15 is 0 Å². The lowest BCUT2D eigenvalue weighted by molar-refractivity contribution is -0.137. The fourth-order valence-corrected chi connectivity index (χ4v) is 2.70. The molecule has 0 unspecified atom stereocenters. The van der Waals surface area contributed by atoms with Gasteiger partial charge in [0.15, 0.2) is 0 Å². The largest absolute Gasteiger partial charge is 0.418 e. The Morgan fingerprint density at radius 1 is 1.20 bits per heavy atom. The number of rotatable bonds is 6. The van der Waals surface area contributed by atoms with Crippen LogP contribution in [0.5, 0.6) is 0 Å². The van der Waals surface area contributed by atoms with Crippen LogP contribution in [0.4, 0.5) is 24.5 Å². The van der Waals surface area contributed by atoms with E-state index in [4.69, 9.17) is 0 Å². The van der Waals surface area contributed by atoms with Gasteiger partial charge in [-0.1, -0.05) is 6.07 Å². The summed E-state index contributed by atoms with van der Waals surface area (Å²) in [6.07, 6.45) is -4.62. The SMILES string of the molecule is CC(=O)Nc1ccc(NCC(=O)NCc2cccs2)c(C(F)(F)F)c1. The van der Waals surface area contributed by atoms with Gasteiger partial charge in [-0.05, 0) is 29.6 Å². The van der Waals surface area contributed by atoms with Crippen molar-refractivity contribution < 1.29 is 22.8 Å². The van der Waals surface area contributed by atoms with Crippen LogP contribution in [-0.4, -0.2) is 18.4 Å². The van der Waals surface area contributed by atoms with Crippen LogP contribution < -0.4 is 16.0 Å². The van der Waals surface area contributed by atoms with E-state index in [9.17, 15) is 22.8 Å². The summed E-state index contributed by atoms with van der Waals surface area (Å²) in [7, 11) is 0. The van der Waals surface area contributed by atoms with Gasteiger partial charge in [0.1, 0.15) is 0 Å². The topological polar surface area (TPSA) is 70.2 Å². The monoisotopic (exact) mass is 371 g/mol. The molecule has 0 aliphatic rings. The molecule has 0 aliphatic carbocycles. The van der Waals surface area contributed by atoms with E-state index in [0.717, 1.165) is 10.9 Å². The molecule has 0 aliphatic heterocycles. The molecule has 1 aromatic heterocycles. The summed E-state index contributed by atoms with van der Waals surface area (Å²) in [6.45, 7) is 1.23. The first-order valence-corrected chi connectivity index (χ1v) is 8.15. The predicted octanol–water partition coefficient (Wildman–Crippen LogP) is 3.45. The molecule has 0 atom stereocenters. The minimum Gasteiger partial charge on any atom is -0.376 e. The molecule has 3 N–H and O–H groups in total. The van der Waals surface area contributed by atoms with Gasteiger partial charge < -0.3 is 16.0 Å². The van der Waals surface area contributed by atoms with Crippen molar-refractivity contribution >= 4 is 34.5 Å². The van der Waals surface area contributed by atoms with Crippen LogP contribution in [0.1, 0.15) is 17.4 Å². The Balaban J connectivity index is 2.02. The molecule has 2 aromatic rings. The highest BCUT2D eigenvalue weighted by Gasteiger charge is 2.34. The molecule has 1 heterocycles. The number of thiophene rings is 1. The first-order chi connectivity index (χ1) is 11.8. The molecule has 134 valence electrons. The predicted molar refractivity (Wildman–Crippen MR) is 90.4 cm³/mol. The Kier molecular flexibility index (Phi) is 6.02. The van der Waals surface area contributed by atoms with Crippen LogP contribution in [0.3, 0.4) is 0 Å². The lowest BCUT2D eigenvalue weighted by Gasteiger charge is -2.16. The van der Waals surface area contributed by atoms with Crippen LogP contribution in [0, 0.1) is 0 Å². The summed E-state index contributed by atoms with van der Waals surface area (Å²) in [5.74, 6) is -0.894. The molecule has 0 fully saturated rings. The fourth-order valence-electron chi connectivity index (χ4n) is 2.05. The van der Waals surface area contributed by atoms with E-state index in [1.807, 2.05) is 17.5 Å². The van der Waals surface area contributed by atoms with Gasteiger partial charge in [0, 0.05) is 23.2 Å². The Bertz CT molecular complexity index is 746. The molecule has 0 radical (unpaired) electrons. The van der Waals surface area contributed by atoms with Gasteiger partial charge in [0.25, 0.3) is 0 Å². The van der Waals surface area contributed by atoms with E-state index in [-0.39, 0.29) is 17.9 Å². The van der Waals surface area contributed by atoms with Crippen molar-refractivity contribution in [2.45, 2.75) is 19.6 Å². The van der Waals surface area contributed by atoms with Crippen molar-refractivity contribution in [3.8, 4) is 0 Å². The normalized spacial score (nSPS) is 11.0. The average molecular weight is 371 g/mol. The lowest BCUT2D eigenvalue weighted by Crippen LogP contribution is -2.29. The van der Waals surface area contributed by atoms with Crippen molar-refractivity contribution in [3.63, 3.8) is 0 Å². The van der Waals surface area contributed by atoms with E-state index in [1.54, 1.807) is 0 Å². The standard InChI is InChI=1S/C16H16F3N3O2S/c1-10(23)22-11-4-5-14(13(7-11)16(17,18)19)20-9-15(24)21-8-12-3-2-6-25-12/h2-7,20H,8-9H2,1H3,(H,21,24)(H,22,23). The molecule has 0 bridgehead atoms. The van der Waals surface area contributed by atoms with Crippen molar-refractivity contribution in [3.05, 3.63) is 46.2 Å². The van der Waals surface area contributed by atoms with Crippen molar-refractivity contribution in [2.75, 3.05) is 17.2 Å². The second kappa shape index (κ2) is 8.02. The van der Waals surface area contributed by atoms with Gasteiger partial charge in [-0.2, -0.15) is 13.2 Å². The first-order valence-electron chi connectivity index (χ1n) is 7.27. The number of alkyl halides is 3. The lowest BCUT2D eigenvalue weighted by atomic mass is 10.1. The zero-order chi connectivity index (χ0) is 18.4. The molecule has 0 saturated heterocycles. The summed E-state index contributed by atoms with van der Waals surface area (Å²) in [6, 6.07) is 7.04. The van der Waals surface area contributed by atoms with E-state index < -0.39 is 23.6 Å². The maximum absolute atomic E-state index is 13.2. The van der Waals surface area contributed by atoms with Gasteiger partial charge in [0.05, 0.1) is 18.7 Å². The minimum atomic E-state index is -4.62. The highest BCUT2D eigenvalue weighted by atomic mass is 32.1. The van der Waals surface area contributed by atoms with Crippen LogP contribution in [0.15, 0.2) is 35.7 Å². The quantitative estimate of drug-likeness (QED) is 0.728. The number of amides is 2. The summed E-state index contributed by atoms with van der Waals surface area (Å²) < 4.78 is 39.5. The van der Waals surface area contributed by atoms with E-state index in [1.165, 1.54) is 30.4 Å². The summed E-state index contributed by atoms with van der Waals surface area (Å²) in [4.78, 5) is 23.7. The summed E-state index contributed by atoms with van der Waals surface area (Å²) in [5, 5.41) is 9.28. The third kappa shape index (κ3) is 5.79. The molecule has 0 spiro atoms. The first kappa shape index (κ1) is 18.8. The van der Waals surface area contributed by atoms with Crippen LogP contribution in [0.2, 0.25) is 0 Å². The van der Waals surface area contributed by atoms with Gasteiger partial charge in [-0.3, -0.25) is 9.59 Å². The molecule has 9 heteroatoms. The molecular formula is C16H16F3N3O2S. The third-order valence-electron chi connectivity index (χ3n) is 3.12. The van der Waals surface area contributed by atoms with Gasteiger partial charge in [-0.25, -0.2) is 0 Å². The number of hydrogen-bond donors (Lipinski definition) is 3. The maximum Gasteiger partial charge on any atom is 0.418 e. The number of halogens is 3. The van der Waals surface area contributed by atoms with E-state index in [2.05, 4.69) is 16.0 Å². The Morgan fingerprint density at radius 2 is 1.96 bits per heavy atom. The van der Waals surface area contributed by atoms with Crippen molar-refractivity contribution in [1.29, 1.82) is 0 Å². The maximum atomic E-state index is 13.2. The third-order valence-corrected chi connectivity index (χ3v) is 4.00. The number of benzene rings is 1. The smallest absolute Gasteiger partial charge is 0.376 e.